The monoisotopic (exact) mass is 410 g/mol. The zero-order valence-electron chi connectivity index (χ0n) is 16.9. The van der Waals surface area contributed by atoms with Crippen molar-refractivity contribution in [3.63, 3.8) is 0 Å². The number of amides is 5. The third-order valence-corrected chi connectivity index (χ3v) is 4.63. The molecular formula is C21H22N4O5. The van der Waals surface area contributed by atoms with Crippen LogP contribution in [0.15, 0.2) is 48.5 Å². The topological polar surface area (TPSA) is 99.3 Å². The van der Waals surface area contributed by atoms with E-state index in [1.807, 2.05) is 43.3 Å². The average Bonchev–Trinajstić information content (AvgIpc) is 2.96. The number of nitrogens with one attached hydrogen (secondary N) is 1. The van der Waals surface area contributed by atoms with Crippen LogP contribution in [0, 0.1) is 0 Å². The Kier molecular flexibility index (Phi) is 6.01. The summed E-state index contributed by atoms with van der Waals surface area (Å²) >= 11 is 0. The number of methoxy groups -OCH3 is 1. The number of ether oxygens (including phenoxy) is 1. The summed E-state index contributed by atoms with van der Waals surface area (Å²) in [4.78, 5) is 52.7. The van der Waals surface area contributed by atoms with Crippen LogP contribution >= 0.6 is 0 Å². The summed E-state index contributed by atoms with van der Waals surface area (Å²) in [7, 11) is 5.34. The van der Waals surface area contributed by atoms with Gasteiger partial charge in [-0.25, -0.2) is 14.6 Å². The first-order valence-electron chi connectivity index (χ1n) is 9.18. The molecule has 0 saturated carbocycles. The van der Waals surface area contributed by atoms with Gasteiger partial charge in [-0.3, -0.25) is 14.4 Å². The predicted octanol–water partition coefficient (Wildman–Crippen LogP) is 1.37. The molecule has 1 N–H and O–H groups in total. The summed E-state index contributed by atoms with van der Waals surface area (Å²) in [6, 6.07) is 12.8. The lowest BCUT2D eigenvalue weighted by Gasteiger charge is -2.16. The third kappa shape index (κ3) is 4.24. The van der Waals surface area contributed by atoms with Crippen LogP contribution in [-0.4, -0.2) is 56.4 Å². The van der Waals surface area contributed by atoms with Gasteiger partial charge in [0.2, 0.25) is 5.91 Å². The van der Waals surface area contributed by atoms with Crippen LogP contribution in [-0.2, 0) is 20.9 Å². The van der Waals surface area contributed by atoms with Crippen LogP contribution in [0.5, 0.6) is 5.75 Å². The highest BCUT2D eigenvalue weighted by Crippen LogP contribution is 2.24. The van der Waals surface area contributed by atoms with Crippen LogP contribution in [0.25, 0.3) is 0 Å². The molecule has 9 heteroatoms. The van der Waals surface area contributed by atoms with Crippen molar-refractivity contribution in [1.82, 2.24) is 10.2 Å². The number of imide groups is 2. The Balaban J connectivity index is 1.62. The summed E-state index contributed by atoms with van der Waals surface area (Å²) in [5.41, 5.74) is 2.11. The molecule has 0 unspecified atom stereocenters. The number of benzene rings is 2. The predicted molar refractivity (Wildman–Crippen MR) is 110 cm³/mol. The largest absolute Gasteiger partial charge is 0.497 e. The van der Waals surface area contributed by atoms with E-state index in [1.165, 1.54) is 19.2 Å². The highest BCUT2D eigenvalue weighted by molar-refractivity contribution is 6.53. The first-order valence-corrected chi connectivity index (χ1v) is 9.18. The van der Waals surface area contributed by atoms with E-state index in [0.29, 0.717) is 10.6 Å². The molecule has 2 aromatic rings. The molecule has 0 aliphatic carbocycles. The zero-order valence-corrected chi connectivity index (χ0v) is 16.9. The standard InChI is InChI=1S/C21H22N4O5/c1-23(2)15-6-4-14(5-7-15)12-22-18(26)13-24-19(27)20(28)25(21(24)29)16-8-10-17(30-3)11-9-16/h4-11H,12-13H2,1-3H3,(H,22,26). The van der Waals surface area contributed by atoms with Gasteiger partial charge >= 0.3 is 17.8 Å². The van der Waals surface area contributed by atoms with Gasteiger partial charge in [-0.15, -0.1) is 0 Å². The minimum absolute atomic E-state index is 0.225. The number of hydrogen-bond acceptors (Lipinski definition) is 6. The molecule has 0 bridgehead atoms. The Morgan fingerprint density at radius 2 is 1.60 bits per heavy atom. The Hall–Kier alpha value is -3.88. The molecule has 0 spiro atoms. The van der Waals surface area contributed by atoms with Crippen LogP contribution in [0.2, 0.25) is 0 Å². The molecule has 0 aromatic heterocycles. The van der Waals surface area contributed by atoms with Crippen molar-refractivity contribution < 1.29 is 23.9 Å². The first kappa shape index (κ1) is 20.8. The lowest BCUT2D eigenvalue weighted by molar-refractivity contribution is -0.140. The molecule has 1 aliphatic heterocycles. The van der Waals surface area contributed by atoms with Crippen molar-refractivity contribution in [2.45, 2.75) is 6.54 Å². The van der Waals surface area contributed by atoms with Crippen molar-refractivity contribution in [1.29, 1.82) is 0 Å². The fraction of sp³-hybridized carbons (Fsp3) is 0.238. The van der Waals surface area contributed by atoms with Crippen molar-refractivity contribution in [2.75, 3.05) is 37.5 Å². The SMILES string of the molecule is COc1ccc(N2C(=O)C(=O)N(CC(=O)NCc3ccc(N(C)C)cc3)C2=O)cc1. The van der Waals surface area contributed by atoms with Gasteiger partial charge in [-0.2, -0.15) is 0 Å². The van der Waals surface area contributed by atoms with Gasteiger partial charge in [0.25, 0.3) is 0 Å². The van der Waals surface area contributed by atoms with E-state index in [-0.39, 0.29) is 12.2 Å². The fourth-order valence-corrected chi connectivity index (χ4v) is 2.92. The Labute approximate surface area is 173 Å². The maximum Gasteiger partial charge on any atom is 0.339 e. The molecule has 0 radical (unpaired) electrons. The summed E-state index contributed by atoms with van der Waals surface area (Å²) in [6.45, 7) is -0.301. The van der Waals surface area contributed by atoms with Gasteiger partial charge in [0.15, 0.2) is 0 Å². The molecule has 0 atom stereocenters. The quantitative estimate of drug-likeness (QED) is 0.547. The molecule has 2 aromatic carbocycles. The van der Waals surface area contributed by atoms with Gasteiger partial charge in [0, 0.05) is 26.3 Å². The van der Waals surface area contributed by atoms with Gasteiger partial charge in [0.05, 0.1) is 12.8 Å². The number of rotatable bonds is 7. The van der Waals surface area contributed by atoms with Crippen molar-refractivity contribution in [2.24, 2.45) is 0 Å². The molecule has 9 nitrogen and oxygen atoms in total. The van der Waals surface area contributed by atoms with Gasteiger partial charge in [0.1, 0.15) is 12.3 Å². The van der Waals surface area contributed by atoms with E-state index in [4.69, 9.17) is 4.74 Å². The van der Waals surface area contributed by atoms with Gasteiger partial charge in [-0.1, -0.05) is 12.1 Å². The highest BCUT2D eigenvalue weighted by atomic mass is 16.5. The molecule has 3 rings (SSSR count). The minimum Gasteiger partial charge on any atom is -0.497 e. The Morgan fingerprint density at radius 3 is 2.17 bits per heavy atom. The second kappa shape index (κ2) is 8.64. The van der Waals surface area contributed by atoms with Crippen LogP contribution < -0.4 is 19.9 Å². The number of urea groups is 1. The second-order valence-corrected chi connectivity index (χ2v) is 6.85. The van der Waals surface area contributed by atoms with Crippen molar-refractivity contribution >= 4 is 35.1 Å². The van der Waals surface area contributed by atoms with Crippen LogP contribution in [0.1, 0.15) is 5.56 Å². The van der Waals surface area contributed by atoms with Crippen molar-refractivity contribution in [3.05, 3.63) is 54.1 Å². The smallest absolute Gasteiger partial charge is 0.339 e. The molecule has 1 fully saturated rings. The average molecular weight is 410 g/mol. The molecule has 1 aliphatic rings. The molecular weight excluding hydrogens is 388 g/mol. The van der Waals surface area contributed by atoms with E-state index in [9.17, 15) is 19.2 Å². The summed E-state index contributed by atoms with van der Waals surface area (Å²) in [5.74, 6) is -2.05. The number of carbonyl (C=O) groups is 4. The normalized spacial score (nSPS) is 13.6. The fourth-order valence-electron chi connectivity index (χ4n) is 2.92. The molecule has 5 amide bonds. The number of nitrogens with zero attached hydrogens (tertiary/aromatic N) is 3. The number of hydrogen-bond donors (Lipinski definition) is 1. The van der Waals surface area contributed by atoms with E-state index >= 15 is 0 Å². The van der Waals surface area contributed by atoms with Gasteiger partial charge in [-0.05, 0) is 42.0 Å². The van der Waals surface area contributed by atoms with Gasteiger partial charge < -0.3 is 15.0 Å². The van der Waals surface area contributed by atoms with E-state index in [0.717, 1.165) is 16.2 Å². The molecule has 1 saturated heterocycles. The number of carbonyl (C=O) groups excluding carboxylic acids is 4. The lowest BCUT2D eigenvalue weighted by Crippen LogP contribution is -2.41. The van der Waals surface area contributed by atoms with E-state index in [2.05, 4.69) is 5.32 Å². The maximum atomic E-state index is 12.6. The molecule has 1 heterocycles. The lowest BCUT2D eigenvalue weighted by atomic mass is 10.2. The Morgan fingerprint density at radius 1 is 0.967 bits per heavy atom. The number of anilines is 2. The van der Waals surface area contributed by atoms with E-state index in [1.54, 1.807) is 12.1 Å². The Bertz CT molecular complexity index is 970. The first-order chi connectivity index (χ1) is 14.3. The van der Waals surface area contributed by atoms with E-state index < -0.39 is 30.3 Å². The van der Waals surface area contributed by atoms with Crippen molar-refractivity contribution in [3.8, 4) is 5.75 Å². The minimum atomic E-state index is -1.04. The van der Waals surface area contributed by atoms with Crippen LogP contribution in [0.4, 0.5) is 16.2 Å². The third-order valence-electron chi connectivity index (χ3n) is 4.63. The zero-order chi connectivity index (χ0) is 21.8. The molecule has 30 heavy (non-hydrogen) atoms. The highest BCUT2D eigenvalue weighted by Gasteiger charge is 2.46. The summed E-state index contributed by atoms with van der Waals surface area (Å²) in [5, 5.41) is 2.66. The molecule has 156 valence electrons. The maximum absolute atomic E-state index is 12.6. The second-order valence-electron chi connectivity index (χ2n) is 6.85. The van der Waals surface area contributed by atoms with Crippen LogP contribution in [0.3, 0.4) is 0 Å². The summed E-state index contributed by atoms with van der Waals surface area (Å²) in [6.07, 6.45) is 0. The summed E-state index contributed by atoms with van der Waals surface area (Å²) < 4.78 is 5.04.